The van der Waals surface area contributed by atoms with E-state index in [1.165, 1.54) is 11.3 Å². The van der Waals surface area contributed by atoms with Crippen LogP contribution in [0.1, 0.15) is 29.2 Å². The summed E-state index contributed by atoms with van der Waals surface area (Å²) in [7, 11) is 0. The van der Waals surface area contributed by atoms with Crippen LogP contribution < -0.4 is 5.32 Å². The van der Waals surface area contributed by atoms with Gasteiger partial charge in [-0.15, -0.1) is 0 Å². The lowest BCUT2D eigenvalue weighted by Crippen LogP contribution is -2.25. The van der Waals surface area contributed by atoms with E-state index in [0.717, 1.165) is 28.4 Å². The monoisotopic (exact) mass is 396 g/mol. The van der Waals surface area contributed by atoms with E-state index < -0.39 is 17.6 Å². The highest BCUT2D eigenvalue weighted by Gasteiger charge is 2.34. The number of carbonyl (C=O) groups is 1. The molecule has 1 N–H and O–H groups in total. The minimum absolute atomic E-state index is 0.0275. The molecule has 0 spiro atoms. The van der Waals surface area contributed by atoms with E-state index in [4.69, 9.17) is 0 Å². The van der Waals surface area contributed by atoms with E-state index >= 15 is 0 Å². The first-order valence-electron chi connectivity index (χ1n) is 8.71. The van der Waals surface area contributed by atoms with Gasteiger partial charge in [0.1, 0.15) is 17.5 Å². The maximum absolute atomic E-state index is 14.4. The Labute approximate surface area is 162 Å². The van der Waals surface area contributed by atoms with E-state index in [0.29, 0.717) is 22.2 Å². The van der Waals surface area contributed by atoms with Crippen LogP contribution in [0.15, 0.2) is 42.5 Å². The number of nitrogens with zero attached hydrogens (tertiary/aromatic N) is 3. The fourth-order valence-corrected chi connectivity index (χ4v) is 4.61. The number of fused-ring (bicyclic) bond motifs is 2. The molecule has 4 aromatic rings. The number of thiazole rings is 1. The van der Waals surface area contributed by atoms with Gasteiger partial charge in [0, 0.05) is 17.9 Å². The fraction of sp³-hybridized carbons (Fsp3) is 0.150. The van der Waals surface area contributed by atoms with Crippen LogP contribution in [0.25, 0.3) is 15.3 Å². The molecule has 0 saturated heterocycles. The van der Waals surface area contributed by atoms with Gasteiger partial charge in [0.2, 0.25) is 11.0 Å². The predicted octanol–water partition coefficient (Wildman–Crippen LogP) is 4.54. The Bertz CT molecular complexity index is 1210. The summed E-state index contributed by atoms with van der Waals surface area (Å²) >= 11 is 1.44. The molecule has 1 aliphatic heterocycles. The topological polar surface area (TPSA) is 59.8 Å². The maximum Gasteiger partial charge on any atom is 0.226 e. The lowest BCUT2D eigenvalue weighted by atomic mass is 9.85. The van der Waals surface area contributed by atoms with Gasteiger partial charge in [-0.25, -0.2) is 13.8 Å². The number of amides is 1. The Balaban J connectivity index is 1.70. The summed E-state index contributed by atoms with van der Waals surface area (Å²) in [4.78, 5) is 17.0. The second-order valence-corrected chi connectivity index (χ2v) is 7.70. The number of benzene rings is 2. The summed E-state index contributed by atoms with van der Waals surface area (Å²) in [5.41, 5.74) is 2.31. The summed E-state index contributed by atoms with van der Waals surface area (Å²) < 4.78 is 30.8. The molecule has 0 fully saturated rings. The molecule has 28 heavy (non-hydrogen) atoms. The normalized spacial score (nSPS) is 16.2. The molecule has 5 nitrogen and oxygen atoms in total. The number of aromatic nitrogens is 3. The van der Waals surface area contributed by atoms with Crippen LogP contribution in [-0.2, 0) is 4.79 Å². The third-order valence-corrected chi connectivity index (χ3v) is 5.91. The average molecular weight is 396 g/mol. The zero-order chi connectivity index (χ0) is 19.4. The zero-order valence-electron chi connectivity index (χ0n) is 14.7. The molecule has 1 amide bonds. The molecule has 0 radical (unpaired) electrons. The largest absolute Gasteiger partial charge is 0.310 e. The van der Waals surface area contributed by atoms with Gasteiger partial charge in [-0.3, -0.25) is 4.79 Å². The Morgan fingerprint density at radius 3 is 2.86 bits per heavy atom. The molecule has 2 aromatic carbocycles. The molecular weight excluding hydrogens is 382 g/mol. The van der Waals surface area contributed by atoms with E-state index in [2.05, 4.69) is 15.4 Å². The van der Waals surface area contributed by atoms with Crippen molar-refractivity contribution in [2.75, 3.05) is 5.32 Å². The highest BCUT2D eigenvalue weighted by Crippen LogP contribution is 2.41. The van der Waals surface area contributed by atoms with Crippen molar-refractivity contribution < 1.29 is 13.6 Å². The van der Waals surface area contributed by atoms with E-state index in [1.807, 2.05) is 24.3 Å². The van der Waals surface area contributed by atoms with Gasteiger partial charge >= 0.3 is 0 Å². The van der Waals surface area contributed by atoms with Crippen LogP contribution in [0, 0.1) is 18.6 Å². The van der Waals surface area contributed by atoms with Gasteiger partial charge in [0.15, 0.2) is 0 Å². The van der Waals surface area contributed by atoms with Crippen LogP contribution in [0.4, 0.5) is 14.6 Å². The van der Waals surface area contributed by atoms with Crippen molar-refractivity contribution in [3.05, 3.63) is 70.9 Å². The number of anilines is 1. The molecule has 0 saturated carbocycles. The molecule has 8 heteroatoms. The van der Waals surface area contributed by atoms with Crippen LogP contribution >= 0.6 is 11.3 Å². The molecule has 1 atom stereocenters. The van der Waals surface area contributed by atoms with Gasteiger partial charge in [0.25, 0.3) is 0 Å². The van der Waals surface area contributed by atoms with E-state index in [9.17, 15) is 13.6 Å². The van der Waals surface area contributed by atoms with Crippen molar-refractivity contribution in [2.45, 2.75) is 19.3 Å². The zero-order valence-corrected chi connectivity index (χ0v) is 15.6. The van der Waals surface area contributed by atoms with Crippen LogP contribution in [-0.4, -0.2) is 20.7 Å². The lowest BCUT2D eigenvalue weighted by Gasteiger charge is -2.24. The van der Waals surface area contributed by atoms with E-state index in [1.54, 1.807) is 11.6 Å². The molecule has 0 bridgehead atoms. The van der Waals surface area contributed by atoms with Crippen molar-refractivity contribution in [1.29, 1.82) is 0 Å². The SMILES string of the molecule is Cc1nn(-c2nc3ccccc3s2)c2c1C(c1cc(F)ccc1F)CC(=O)N2. The van der Waals surface area contributed by atoms with Crippen molar-refractivity contribution in [3.8, 4) is 5.13 Å². The quantitative estimate of drug-likeness (QED) is 0.541. The Morgan fingerprint density at radius 2 is 2.04 bits per heavy atom. The average Bonchev–Trinajstić information content (AvgIpc) is 3.24. The van der Waals surface area contributed by atoms with Crippen molar-refractivity contribution >= 4 is 33.3 Å². The maximum atomic E-state index is 14.4. The van der Waals surface area contributed by atoms with Gasteiger partial charge in [-0.1, -0.05) is 23.5 Å². The highest BCUT2D eigenvalue weighted by atomic mass is 32.1. The third kappa shape index (κ3) is 2.60. The highest BCUT2D eigenvalue weighted by molar-refractivity contribution is 7.20. The first kappa shape index (κ1) is 17.0. The second kappa shape index (κ2) is 6.20. The van der Waals surface area contributed by atoms with Crippen molar-refractivity contribution in [1.82, 2.24) is 14.8 Å². The summed E-state index contributed by atoms with van der Waals surface area (Å²) in [5.74, 6) is -1.51. The Hall–Kier alpha value is -3.13. The molecule has 140 valence electrons. The molecule has 0 aliphatic carbocycles. The number of hydrogen-bond acceptors (Lipinski definition) is 4. The minimum atomic E-state index is -0.609. The molecule has 2 aromatic heterocycles. The van der Waals surface area contributed by atoms with Crippen molar-refractivity contribution in [3.63, 3.8) is 0 Å². The number of carbonyl (C=O) groups excluding carboxylic acids is 1. The number of rotatable bonds is 2. The van der Waals surface area contributed by atoms with E-state index in [-0.39, 0.29) is 17.9 Å². The Kier molecular flexibility index (Phi) is 3.77. The predicted molar refractivity (Wildman–Crippen MR) is 103 cm³/mol. The summed E-state index contributed by atoms with van der Waals surface area (Å²) in [6.45, 7) is 1.80. The first-order chi connectivity index (χ1) is 13.5. The number of hydrogen-bond donors (Lipinski definition) is 1. The number of aryl methyl sites for hydroxylation is 1. The standard InChI is InChI=1S/C20H14F2N4OS/c1-10-18-13(12-8-11(21)6-7-14(12)22)9-17(27)24-19(18)26(25-10)20-23-15-4-2-3-5-16(15)28-20/h2-8,13H,9H2,1H3,(H,24,27). The summed E-state index contributed by atoms with van der Waals surface area (Å²) in [5, 5.41) is 7.99. The molecular formula is C20H14F2N4OS. The first-order valence-corrected chi connectivity index (χ1v) is 9.53. The van der Waals surface area contributed by atoms with Gasteiger partial charge in [-0.2, -0.15) is 9.78 Å². The molecule has 1 unspecified atom stereocenters. The van der Waals surface area contributed by atoms with Crippen LogP contribution in [0.3, 0.4) is 0 Å². The molecule has 3 heterocycles. The third-order valence-electron chi connectivity index (χ3n) is 4.90. The van der Waals surface area contributed by atoms with Gasteiger partial charge < -0.3 is 5.32 Å². The minimum Gasteiger partial charge on any atom is -0.310 e. The number of para-hydroxylation sites is 1. The number of nitrogens with one attached hydrogen (secondary N) is 1. The molecule has 1 aliphatic rings. The number of halogens is 2. The summed E-state index contributed by atoms with van der Waals surface area (Å²) in [6.07, 6.45) is 0.0275. The van der Waals surface area contributed by atoms with Crippen molar-refractivity contribution in [2.24, 2.45) is 0 Å². The van der Waals surface area contributed by atoms with Gasteiger partial charge in [0.05, 0.1) is 15.9 Å². The Morgan fingerprint density at radius 1 is 1.21 bits per heavy atom. The van der Waals surface area contributed by atoms with Crippen LogP contribution in [0.2, 0.25) is 0 Å². The second-order valence-electron chi connectivity index (χ2n) is 6.69. The fourth-order valence-electron chi connectivity index (χ4n) is 3.68. The lowest BCUT2D eigenvalue weighted by molar-refractivity contribution is -0.116. The molecule has 5 rings (SSSR count). The van der Waals surface area contributed by atoms with Crippen LogP contribution in [0.5, 0.6) is 0 Å². The summed E-state index contributed by atoms with van der Waals surface area (Å²) in [6, 6.07) is 11.0. The smallest absolute Gasteiger partial charge is 0.226 e. The van der Waals surface area contributed by atoms with Gasteiger partial charge in [-0.05, 0) is 42.8 Å².